The van der Waals surface area contributed by atoms with Gasteiger partial charge in [-0.05, 0) is 0 Å². The molecule has 2 heterocycles. The molecule has 0 saturated heterocycles. The highest BCUT2D eigenvalue weighted by atomic mass is 35.5. The predicted molar refractivity (Wildman–Crippen MR) is 58.6 cm³/mol. The highest BCUT2D eigenvalue weighted by Gasteiger charge is 2.08. The molecule has 0 aromatic carbocycles. The Morgan fingerprint density at radius 2 is 2.14 bits per heavy atom. The summed E-state index contributed by atoms with van der Waals surface area (Å²) < 4.78 is 1.90. The molecule has 2 N–H and O–H groups in total. The van der Waals surface area contributed by atoms with E-state index in [0.29, 0.717) is 6.54 Å². The van der Waals surface area contributed by atoms with Gasteiger partial charge in [0.25, 0.3) is 0 Å². The first-order valence-electron chi connectivity index (χ1n) is 3.90. The fraction of sp³-hybridized carbons (Fsp3) is 0.375. The van der Waals surface area contributed by atoms with E-state index in [1.54, 1.807) is 0 Å². The van der Waals surface area contributed by atoms with Crippen molar-refractivity contribution in [2.24, 2.45) is 0 Å². The summed E-state index contributed by atoms with van der Waals surface area (Å²) in [5.74, 6) is -0.166. The second kappa shape index (κ2) is 5.24. The zero-order valence-corrected chi connectivity index (χ0v) is 9.03. The molecule has 2 rings (SSSR count). The maximum absolute atomic E-state index is 11.0. The molecular weight excluding hydrogens is 227 g/mol. The van der Waals surface area contributed by atoms with Gasteiger partial charge in [-0.3, -0.25) is 4.79 Å². The topological polar surface area (TPSA) is 54.3 Å². The van der Waals surface area contributed by atoms with Crippen molar-refractivity contribution in [3.05, 3.63) is 28.2 Å². The van der Waals surface area contributed by atoms with Crippen LogP contribution in [0.15, 0.2) is 17.1 Å². The van der Waals surface area contributed by atoms with E-state index >= 15 is 0 Å². The van der Waals surface area contributed by atoms with Gasteiger partial charge >= 0.3 is 0 Å². The molecule has 1 aliphatic rings. The smallest absolute Gasteiger partial charge is 0.223 e. The molecule has 1 aromatic rings. The molecule has 1 aliphatic heterocycles. The summed E-state index contributed by atoms with van der Waals surface area (Å²) in [4.78, 5) is 11.0. The lowest BCUT2D eigenvalue weighted by molar-refractivity contribution is 0.444. The van der Waals surface area contributed by atoms with E-state index in [4.69, 9.17) is 5.11 Å². The molecule has 0 radical (unpaired) electrons. The van der Waals surface area contributed by atoms with Gasteiger partial charge in [-0.1, -0.05) is 0 Å². The third kappa shape index (κ3) is 2.41. The third-order valence-electron chi connectivity index (χ3n) is 2.03. The van der Waals surface area contributed by atoms with Crippen LogP contribution in [0.2, 0.25) is 0 Å². The molecule has 0 atom stereocenters. The Hall–Kier alpha value is -0.710. The van der Waals surface area contributed by atoms with E-state index in [9.17, 15) is 4.79 Å². The minimum atomic E-state index is -0.301. The van der Waals surface area contributed by atoms with Crippen molar-refractivity contribution >= 4 is 24.8 Å². The van der Waals surface area contributed by atoms with Crippen LogP contribution in [0.25, 0.3) is 0 Å². The van der Waals surface area contributed by atoms with Gasteiger partial charge in [0.2, 0.25) is 5.43 Å². The molecule has 1 aromatic heterocycles. The molecule has 14 heavy (non-hydrogen) atoms. The molecule has 0 saturated carbocycles. The van der Waals surface area contributed by atoms with Crippen LogP contribution in [0.4, 0.5) is 0 Å². The average molecular weight is 239 g/mol. The summed E-state index contributed by atoms with van der Waals surface area (Å²) >= 11 is 0. The van der Waals surface area contributed by atoms with Gasteiger partial charge in [0.15, 0.2) is 5.75 Å². The van der Waals surface area contributed by atoms with Gasteiger partial charge < -0.3 is 15.0 Å². The van der Waals surface area contributed by atoms with Crippen molar-refractivity contribution in [3.63, 3.8) is 0 Å². The van der Waals surface area contributed by atoms with E-state index in [2.05, 4.69) is 5.32 Å². The maximum atomic E-state index is 11.0. The van der Waals surface area contributed by atoms with Crippen LogP contribution < -0.4 is 10.7 Å². The summed E-state index contributed by atoms with van der Waals surface area (Å²) in [6.07, 6.45) is 1.50. The summed E-state index contributed by atoms with van der Waals surface area (Å²) in [6.45, 7) is 2.40. The summed E-state index contributed by atoms with van der Waals surface area (Å²) in [5.41, 5.74) is 0.633. The minimum Gasteiger partial charge on any atom is -0.503 e. The average Bonchev–Trinajstić information content (AvgIpc) is 2.07. The Morgan fingerprint density at radius 3 is 2.86 bits per heavy atom. The number of hydrogen-bond acceptors (Lipinski definition) is 3. The summed E-state index contributed by atoms with van der Waals surface area (Å²) in [7, 11) is 0. The van der Waals surface area contributed by atoms with E-state index in [-0.39, 0.29) is 36.0 Å². The number of fused-ring (bicyclic) bond motifs is 1. The van der Waals surface area contributed by atoms with Crippen molar-refractivity contribution in [3.8, 4) is 5.75 Å². The number of nitrogens with zero attached hydrogens (tertiary/aromatic N) is 1. The van der Waals surface area contributed by atoms with Crippen molar-refractivity contribution in [1.82, 2.24) is 9.88 Å². The lowest BCUT2D eigenvalue weighted by Gasteiger charge is -2.19. The van der Waals surface area contributed by atoms with Crippen molar-refractivity contribution in [2.45, 2.75) is 13.1 Å². The summed E-state index contributed by atoms with van der Waals surface area (Å²) in [5, 5.41) is 12.3. The Balaban J connectivity index is 0.000000845. The quantitative estimate of drug-likeness (QED) is 0.693. The lowest BCUT2D eigenvalue weighted by atomic mass is 10.2. The SMILES string of the molecule is Cl.Cl.O=c1cc2n(cc1O)CCNC2. The molecule has 6 heteroatoms. The van der Waals surface area contributed by atoms with Crippen molar-refractivity contribution in [1.29, 1.82) is 0 Å². The first-order chi connectivity index (χ1) is 5.77. The molecular formula is C8H12Cl2N2O2. The van der Waals surface area contributed by atoms with E-state index < -0.39 is 0 Å². The van der Waals surface area contributed by atoms with Crippen LogP contribution in [0, 0.1) is 0 Å². The Kier molecular flexibility index (Phi) is 4.97. The first-order valence-corrected chi connectivity index (χ1v) is 3.90. The van der Waals surface area contributed by atoms with E-state index in [1.807, 2.05) is 4.57 Å². The van der Waals surface area contributed by atoms with Crippen LogP contribution in [0.3, 0.4) is 0 Å². The number of hydrogen-bond donors (Lipinski definition) is 2. The maximum Gasteiger partial charge on any atom is 0.223 e. The molecule has 0 amide bonds. The van der Waals surface area contributed by atoms with Gasteiger partial charge in [-0.25, -0.2) is 0 Å². The van der Waals surface area contributed by atoms with Crippen LogP contribution in [-0.2, 0) is 13.1 Å². The first kappa shape index (κ1) is 13.3. The van der Waals surface area contributed by atoms with Crippen LogP contribution in [0.5, 0.6) is 5.75 Å². The van der Waals surface area contributed by atoms with E-state index in [0.717, 1.165) is 18.8 Å². The molecule has 80 valence electrons. The molecule has 0 bridgehead atoms. The minimum absolute atomic E-state index is 0. The molecule has 0 unspecified atom stereocenters. The van der Waals surface area contributed by atoms with Gasteiger partial charge in [-0.2, -0.15) is 0 Å². The van der Waals surface area contributed by atoms with Gasteiger partial charge in [0.05, 0.1) is 6.20 Å². The zero-order chi connectivity index (χ0) is 8.55. The van der Waals surface area contributed by atoms with Crippen LogP contribution >= 0.6 is 24.8 Å². The molecule has 0 spiro atoms. The predicted octanol–water partition coefficient (Wildman–Crippen LogP) is 0.501. The highest BCUT2D eigenvalue weighted by Crippen LogP contribution is 2.07. The zero-order valence-electron chi connectivity index (χ0n) is 7.40. The largest absolute Gasteiger partial charge is 0.503 e. The fourth-order valence-corrected chi connectivity index (χ4v) is 1.38. The second-order valence-corrected chi connectivity index (χ2v) is 2.88. The van der Waals surface area contributed by atoms with Crippen molar-refractivity contribution in [2.75, 3.05) is 6.54 Å². The molecule has 0 fully saturated rings. The third-order valence-corrected chi connectivity index (χ3v) is 2.03. The number of nitrogens with one attached hydrogen (secondary N) is 1. The second-order valence-electron chi connectivity index (χ2n) is 2.88. The van der Waals surface area contributed by atoms with E-state index in [1.165, 1.54) is 12.3 Å². The fourth-order valence-electron chi connectivity index (χ4n) is 1.38. The number of pyridine rings is 1. The standard InChI is InChI=1S/C8H10N2O2.2ClH/c11-7-3-6-4-9-1-2-10(6)5-8(7)12;;/h3,5,9,12H,1-2,4H2;2*1H. The number of rotatable bonds is 0. The highest BCUT2D eigenvalue weighted by molar-refractivity contribution is 5.85. The van der Waals surface area contributed by atoms with Gasteiger partial charge in [0, 0.05) is 31.4 Å². The van der Waals surface area contributed by atoms with Gasteiger partial charge in [-0.15, -0.1) is 24.8 Å². The summed E-state index contributed by atoms with van der Waals surface area (Å²) in [6, 6.07) is 1.47. The lowest BCUT2D eigenvalue weighted by Crippen LogP contribution is -2.30. The Bertz CT molecular complexity index is 365. The number of halogens is 2. The normalized spacial score (nSPS) is 13.4. The number of aromatic nitrogens is 1. The monoisotopic (exact) mass is 238 g/mol. The molecule has 0 aliphatic carbocycles. The number of aromatic hydroxyl groups is 1. The Morgan fingerprint density at radius 1 is 1.43 bits per heavy atom. The van der Waals surface area contributed by atoms with Crippen molar-refractivity contribution < 1.29 is 5.11 Å². The molecule has 4 nitrogen and oxygen atoms in total. The Labute approximate surface area is 93.8 Å². The van der Waals surface area contributed by atoms with Crippen LogP contribution in [-0.4, -0.2) is 16.2 Å². The van der Waals surface area contributed by atoms with Gasteiger partial charge in [0.1, 0.15) is 0 Å². The van der Waals surface area contributed by atoms with Crippen LogP contribution in [0.1, 0.15) is 5.69 Å².